The number of benzene rings is 1. The number of esters is 1. The minimum Gasteiger partial charge on any atom is -0.465 e. The zero-order valence-corrected chi connectivity index (χ0v) is 11.8. The van der Waals surface area contributed by atoms with E-state index in [9.17, 15) is 14.0 Å². The molecule has 0 aliphatic heterocycles. The number of hydrogen-bond acceptors (Lipinski definition) is 3. The predicted octanol–water partition coefficient (Wildman–Crippen LogP) is 2.67. The largest absolute Gasteiger partial charge is 0.465 e. The van der Waals surface area contributed by atoms with Crippen LogP contribution in [0, 0.1) is 5.82 Å². The third kappa shape index (κ3) is 4.35. The highest BCUT2D eigenvalue weighted by atomic mass is 35.5. The summed E-state index contributed by atoms with van der Waals surface area (Å²) in [7, 11) is 0. The molecule has 20 heavy (non-hydrogen) atoms. The topological polar surface area (TPSA) is 46.6 Å². The molecule has 0 saturated carbocycles. The normalized spacial score (nSPS) is 9.95. The van der Waals surface area contributed by atoms with Crippen molar-refractivity contribution in [3.8, 4) is 0 Å². The molecule has 108 valence electrons. The van der Waals surface area contributed by atoms with Crippen molar-refractivity contribution in [1.82, 2.24) is 4.90 Å². The fraction of sp³-hybridized carbons (Fsp3) is 0.286. The van der Waals surface area contributed by atoms with E-state index in [1.165, 1.54) is 18.2 Å². The van der Waals surface area contributed by atoms with Gasteiger partial charge in [-0.15, -0.1) is 6.58 Å². The summed E-state index contributed by atoms with van der Waals surface area (Å²) in [4.78, 5) is 24.8. The van der Waals surface area contributed by atoms with Gasteiger partial charge >= 0.3 is 5.97 Å². The third-order valence-electron chi connectivity index (χ3n) is 2.42. The van der Waals surface area contributed by atoms with Crippen molar-refractivity contribution in [1.29, 1.82) is 0 Å². The predicted molar refractivity (Wildman–Crippen MR) is 74.1 cm³/mol. The van der Waals surface area contributed by atoms with Gasteiger partial charge < -0.3 is 9.64 Å². The molecule has 0 unspecified atom stereocenters. The summed E-state index contributed by atoms with van der Waals surface area (Å²) >= 11 is 5.63. The molecule has 1 rings (SSSR count). The first kappa shape index (κ1) is 16.2. The van der Waals surface area contributed by atoms with Crippen LogP contribution in [0.1, 0.15) is 17.3 Å². The Kier molecular flexibility index (Phi) is 6.18. The second-order valence-electron chi connectivity index (χ2n) is 3.90. The highest BCUT2D eigenvalue weighted by Gasteiger charge is 2.21. The van der Waals surface area contributed by atoms with Crippen molar-refractivity contribution >= 4 is 23.5 Å². The van der Waals surface area contributed by atoms with E-state index in [0.29, 0.717) is 0 Å². The molecular formula is C14H15ClFNO3. The Bertz CT molecular complexity index is 519. The van der Waals surface area contributed by atoms with Crippen LogP contribution < -0.4 is 0 Å². The maximum atomic E-state index is 13.7. The minimum atomic E-state index is -0.736. The van der Waals surface area contributed by atoms with Crippen LogP contribution in [0.5, 0.6) is 0 Å². The van der Waals surface area contributed by atoms with Crippen LogP contribution in [-0.4, -0.2) is 36.5 Å². The number of ether oxygens (including phenoxy) is 1. The van der Waals surface area contributed by atoms with Crippen LogP contribution in [0.3, 0.4) is 0 Å². The molecule has 0 saturated heterocycles. The molecule has 0 atom stereocenters. The average molecular weight is 300 g/mol. The number of halogens is 2. The Morgan fingerprint density at radius 1 is 1.50 bits per heavy atom. The number of amides is 1. The molecule has 0 aromatic heterocycles. The van der Waals surface area contributed by atoms with Crippen LogP contribution in [0.25, 0.3) is 0 Å². The fourth-order valence-electron chi connectivity index (χ4n) is 1.57. The maximum absolute atomic E-state index is 13.7. The quantitative estimate of drug-likeness (QED) is 0.599. The highest BCUT2D eigenvalue weighted by Crippen LogP contribution is 2.16. The highest BCUT2D eigenvalue weighted by molar-refractivity contribution is 6.30. The van der Waals surface area contributed by atoms with Crippen LogP contribution in [0.2, 0.25) is 5.02 Å². The van der Waals surface area contributed by atoms with Gasteiger partial charge in [0, 0.05) is 11.6 Å². The van der Waals surface area contributed by atoms with Gasteiger partial charge in [-0.2, -0.15) is 0 Å². The summed E-state index contributed by atoms with van der Waals surface area (Å²) in [5, 5.41) is 0.194. The lowest BCUT2D eigenvalue weighted by Gasteiger charge is -2.20. The van der Waals surface area contributed by atoms with Crippen LogP contribution in [0.15, 0.2) is 30.9 Å². The molecule has 4 nitrogen and oxygen atoms in total. The molecule has 1 aromatic carbocycles. The van der Waals surface area contributed by atoms with Crippen molar-refractivity contribution < 1.29 is 18.7 Å². The molecule has 6 heteroatoms. The number of nitrogens with zero attached hydrogens (tertiary/aromatic N) is 1. The molecule has 0 heterocycles. The van der Waals surface area contributed by atoms with Crippen molar-refractivity contribution in [2.75, 3.05) is 19.7 Å². The van der Waals surface area contributed by atoms with Gasteiger partial charge in [0.05, 0.1) is 12.2 Å². The molecule has 0 radical (unpaired) electrons. The third-order valence-corrected chi connectivity index (χ3v) is 2.66. The molecule has 0 aliphatic carbocycles. The lowest BCUT2D eigenvalue weighted by Crippen LogP contribution is -2.37. The average Bonchev–Trinajstić information content (AvgIpc) is 2.38. The number of hydrogen-bond donors (Lipinski definition) is 0. The van der Waals surface area contributed by atoms with Gasteiger partial charge in [-0.05, 0) is 25.1 Å². The molecule has 0 fully saturated rings. The number of carbonyl (C=O) groups excluding carboxylic acids is 2. The van der Waals surface area contributed by atoms with Gasteiger partial charge in [-0.3, -0.25) is 9.59 Å². The molecule has 0 spiro atoms. The zero-order chi connectivity index (χ0) is 15.1. The standard InChI is InChI=1S/C14H15ClFNO3/c1-3-7-17(9-13(18)20-4-2)14(19)11-6-5-10(15)8-12(11)16/h3,5-6,8H,1,4,7,9H2,2H3. The summed E-state index contributed by atoms with van der Waals surface area (Å²) in [6.45, 7) is 5.23. The van der Waals surface area contributed by atoms with E-state index >= 15 is 0 Å². The van der Waals surface area contributed by atoms with Crippen molar-refractivity contribution in [2.45, 2.75) is 6.92 Å². The van der Waals surface area contributed by atoms with Crippen molar-refractivity contribution in [3.63, 3.8) is 0 Å². The Morgan fingerprint density at radius 3 is 2.75 bits per heavy atom. The molecule has 0 aliphatic rings. The van der Waals surface area contributed by atoms with Gasteiger partial charge in [0.1, 0.15) is 12.4 Å². The fourth-order valence-corrected chi connectivity index (χ4v) is 1.73. The summed E-state index contributed by atoms with van der Waals surface area (Å²) in [6, 6.07) is 3.74. The van der Waals surface area contributed by atoms with Gasteiger partial charge in [-0.1, -0.05) is 17.7 Å². The summed E-state index contributed by atoms with van der Waals surface area (Å²) in [5.41, 5.74) is -0.152. The van der Waals surface area contributed by atoms with E-state index in [4.69, 9.17) is 16.3 Å². The second kappa shape index (κ2) is 7.65. The Balaban J connectivity index is 2.93. The Morgan fingerprint density at radius 2 is 2.20 bits per heavy atom. The molecule has 0 N–H and O–H groups in total. The molecule has 0 bridgehead atoms. The Labute approximate surface area is 121 Å². The summed E-state index contributed by atoms with van der Waals surface area (Å²) in [6.07, 6.45) is 1.45. The number of rotatable bonds is 6. The maximum Gasteiger partial charge on any atom is 0.325 e. The van der Waals surface area contributed by atoms with Crippen LogP contribution in [0.4, 0.5) is 4.39 Å². The van der Waals surface area contributed by atoms with Gasteiger partial charge in [0.15, 0.2) is 0 Å². The Hall–Kier alpha value is -1.88. The smallest absolute Gasteiger partial charge is 0.325 e. The van der Waals surface area contributed by atoms with Gasteiger partial charge in [0.2, 0.25) is 0 Å². The minimum absolute atomic E-state index is 0.111. The second-order valence-corrected chi connectivity index (χ2v) is 4.34. The molecular weight excluding hydrogens is 285 g/mol. The van der Waals surface area contributed by atoms with E-state index in [2.05, 4.69) is 6.58 Å². The molecule has 1 aromatic rings. The van der Waals surface area contributed by atoms with E-state index in [-0.39, 0.29) is 30.3 Å². The first-order valence-electron chi connectivity index (χ1n) is 6.00. The number of carbonyl (C=O) groups is 2. The first-order chi connectivity index (χ1) is 9.49. The lowest BCUT2D eigenvalue weighted by atomic mass is 10.2. The summed E-state index contributed by atoms with van der Waals surface area (Å²) in [5.74, 6) is -1.91. The van der Waals surface area contributed by atoms with Gasteiger partial charge in [0.25, 0.3) is 5.91 Å². The first-order valence-corrected chi connectivity index (χ1v) is 6.38. The van der Waals surface area contributed by atoms with Crippen LogP contribution >= 0.6 is 11.6 Å². The van der Waals surface area contributed by atoms with E-state index in [1.54, 1.807) is 6.92 Å². The monoisotopic (exact) mass is 299 g/mol. The van der Waals surface area contributed by atoms with E-state index < -0.39 is 17.7 Å². The SMILES string of the molecule is C=CCN(CC(=O)OCC)C(=O)c1ccc(Cl)cc1F. The zero-order valence-electron chi connectivity index (χ0n) is 11.1. The van der Waals surface area contributed by atoms with Crippen molar-refractivity contribution in [2.24, 2.45) is 0 Å². The van der Waals surface area contributed by atoms with Crippen LogP contribution in [-0.2, 0) is 9.53 Å². The van der Waals surface area contributed by atoms with Gasteiger partial charge in [-0.25, -0.2) is 4.39 Å². The van der Waals surface area contributed by atoms with E-state index in [1.807, 2.05) is 0 Å². The van der Waals surface area contributed by atoms with E-state index in [0.717, 1.165) is 11.0 Å². The molecule has 1 amide bonds. The summed E-state index contributed by atoms with van der Waals surface area (Å²) < 4.78 is 18.5. The lowest BCUT2D eigenvalue weighted by molar-refractivity contribution is -0.143. The van der Waals surface area contributed by atoms with Crippen molar-refractivity contribution in [3.05, 3.63) is 47.3 Å².